The van der Waals surface area contributed by atoms with Crippen LogP contribution in [0.5, 0.6) is 5.75 Å². The summed E-state index contributed by atoms with van der Waals surface area (Å²) in [7, 11) is 3.67. The Morgan fingerprint density at radius 2 is 2.00 bits per heavy atom. The summed E-state index contributed by atoms with van der Waals surface area (Å²) in [5.41, 5.74) is 0.494. The first-order valence-corrected chi connectivity index (χ1v) is 7.07. The molecule has 1 aliphatic rings. The van der Waals surface area contributed by atoms with Crippen molar-refractivity contribution in [2.75, 3.05) is 20.7 Å². The maximum absolute atomic E-state index is 12.3. The molecule has 1 heterocycles. The molecule has 1 aliphatic heterocycles. The van der Waals surface area contributed by atoms with E-state index < -0.39 is 0 Å². The van der Waals surface area contributed by atoms with E-state index in [0.29, 0.717) is 23.3 Å². The van der Waals surface area contributed by atoms with Crippen LogP contribution in [0.3, 0.4) is 0 Å². The van der Waals surface area contributed by atoms with E-state index in [1.165, 1.54) is 0 Å². The summed E-state index contributed by atoms with van der Waals surface area (Å²) in [5.74, 6) is 0.608. The van der Waals surface area contributed by atoms with Crippen LogP contribution in [0.15, 0.2) is 24.3 Å². The highest BCUT2D eigenvalue weighted by Crippen LogP contribution is 2.26. The Hall–Kier alpha value is -1.55. The van der Waals surface area contributed by atoms with Crippen LogP contribution in [0.1, 0.15) is 30.6 Å². The largest absolute Gasteiger partial charge is 0.496 e. The van der Waals surface area contributed by atoms with Gasteiger partial charge in [0.1, 0.15) is 17.4 Å². The lowest BCUT2D eigenvalue weighted by Gasteiger charge is -2.39. The van der Waals surface area contributed by atoms with Gasteiger partial charge in [-0.2, -0.15) is 0 Å². The van der Waals surface area contributed by atoms with E-state index in [1.807, 2.05) is 12.1 Å². The fourth-order valence-electron chi connectivity index (χ4n) is 2.68. The molecule has 0 aliphatic carbocycles. The Morgan fingerprint density at radius 1 is 1.30 bits per heavy atom. The van der Waals surface area contributed by atoms with Crippen molar-refractivity contribution in [3.8, 4) is 5.75 Å². The van der Waals surface area contributed by atoms with Gasteiger partial charge in [-0.05, 0) is 32.5 Å². The van der Waals surface area contributed by atoms with E-state index in [9.17, 15) is 4.79 Å². The number of methoxy groups -OCH3 is 1. The molecule has 4 nitrogen and oxygen atoms in total. The molecule has 1 aromatic rings. The SMILES string of the molecule is COc1ccccc1C(=O)O[C@@H]1C[C@H](C)N(C)C[C@@H]1C. The molecular weight excluding hydrogens is 254 g/mol. The molecule has 4 heteroatoms. The van der Waals surface area contributed by atoms with Gasteiger partial charge in [0.25, 0.3) is 0 Å². The zero-order valence-electron chi connectivity index (χ0n) is 12.6. The first-order valence-electron chi connectivity index (χ1n) is 7.07. The molecule has 1 aromatic carbocycles. The van der Waals surface area contributed by atoms with Crippen molar-refractivity contribution >= 4 is 5.97 Å². The highest BCUT2D eigenvalue weighted by atomic mass is 16.5. The molecule has 3 atom stereocenters. The van der Waals surface area contributed by atoms with Gasteiger partial charge in [0.2, 0.25) is 0 Å². The van der Waals surface area contributed by atoms with Crippen molar-refractivity contribution in [2.24, 2.45) is 5.92 Å². The van der Waals surface area contributed by atoms with Gasteiger partial charge in [0.15, 0.2) is 0 Å². The van der Waals surface area contributed by atoms with Crippen LogP contribution in [0.4, 0.5) is 0 Å². The number of para-hydroxylation sites is 1. The minimum absolute atomic E-state index is 0.0291. The van der Waals surface area contributed by atoms with Crippen LogP contribution in [0.2, 0.25) is 0 Å². The molecule has 0 unspecified atom stereocenters. The van der Waals surface area contributed by atoms with Crippen LogP contribution in [-0.2, 0) is 4.74 Å². The smallest absolute Gasteiger partial charge is 0.342 e. The van der Waals surface area contributed by atoms with Crippen molar-refractivity contribution in [1.82, 2.24) is 4.90 Å². The number of hydrogen-bond donors (Lipinski definition) is 0. The number of benzene rings is 1. The Kier molecular flexibility index (Phi) is 4.65. The topological polar surface area (TPSA) is 38.8 Å². The number of carbonyl (C=O) groups is 1. The lowest BCUT2D eigenvalue weighted by Crippen LogP contribution is -2.46. The van der Waals surface area contributed by atoms with E-state index in [2.05, 4.69) is 25.8 Å². The van der Waals surface area contributed by atoms with E-state index in [-0.39, 0.29) is 12.1 Å². The second-order valence-electron chi connectivity index (χ2n) is 5.65. The zero-order chi connectivity index (χ0) is 14.7. The Balaban J connectivity index is 2.07. The molecule has 0 bridgehead atoms. The molecule has 1 saturated heterocycles. The first-order chi connectivity index (χ1) is 9.52. The van der Waals surface area contributed by atoms with Gasteiger partial charge >= 0.3 is 5.97 Å². The molecule has 0 spiro atoms. The molecule has 0 aromatic heterocycles. The fourth-order valence-corrected chi connectivity index (χ4v) is 2.68. The average molecular weight is 277 g/mol. The van der Waals surface area contributed by atoms with Crippen molar-refractivity contribution in [3.63, 3.8) is 0 Å². The van der Waals surface area contributed by atoms with Crippen LogP contribution >= 0.6 is 0 Å². The Morgan fingerprint density at radius 3 is 2.70 bits per heavy atom. The number of ether oxygens (including phenoxy) is 2. The zero-order valence-corrected chi connectivity index (χ0v) is 12.6. The predicted molar refractivity (Wildman–Crippen MR) is 78.1 cm³/mol. The van der Waals surface area contributed by atoms with Gasteiger partial charge in [-0.1, -0.05) is 19.1 Å². The average Bonchev–Trinajstić information content (AvgIpc) is 2.44. The number of hydrogen-bond acceptors (Lipinski definition) is 4. The minimum Gasteiger partial charge on any atom is -0.496 e. The van der Waals surface area contributed by atoms with E-state index >= 15 is 0 Å². The number of likely N-dealkylation sites (tertiary alicyclic amines) is 1. The maximum atomic E-state index is 12.3. The second-order valence-corrected chi connectivity index (χ2v) is 5.65. The lowest BCUT2D eigenvalue weighted by atomic mass is 9.92. The highest BCUT2D eigenvalue weighted by Gasteiger charge is 2.32. The third-order valence-electron chi connectivity index (χ3n) is 4.12. The van der Waals surface area contributed by atoms with Crippen LogP contribution in [-0.4, -0.2) is 43.7 Å². The van der Waals surface area contributed by atoms with Gasteiger partial charge in [-0.3, -0.25) is 0 Å². The van der Waals surface area contributed by atoms with E-state index in [0.717, 1.165) is 13.0 Å². The predicted octanol–water partition coefficient (Wildman–Crippen LogP) is 2.58. The van der Waals surface area contributed by atoms with Gasteiger partial charge < -0.3 is 14.4 Å². The Labute approximate surface area is 120 Å². The maximum Gasteiger partial charge on any atom is 0.342 e. The summed E-state index contributed by atoms with van der Waals surface area (Å²) >= 11 is 0. The van der Waals surface area contributed by atoms with Crippen LogP contribution in [0.25, 0.3) is 0 Å². The monoisotopic (exact) mass is 277 g/mol. The summed E-state index contributed by atoms with van der Waals surface area (Å²) in [5, 5.41) is 0. The van der Waals surface area contributed by atoms with Gasteiger partial charge in [-0.15, -0.1) is 0 Å². The third kappa shape index (κ3) is 3.12. The van der Waals surface area contributed by atoms with E-state index in [1.54, 1.807) is 19.2 Å². The molecule has 0 radical (unpaired) electrons. The molecule has 2 rings (SSSR count). The third-order valence-corrected chi connectivity index (χ3v) is 4.12. The molecule has 0 amide bonds. The quantitative estimate of drug-likeness (QED) is 0.796. The summed E-state index contributed by atoms with van der Waals surface area (Å²) in [6, 6.07) is 7.61. The van der Waals surface area contributed by atoms with Crippen molar-refractivity contribution in [3.05, 3.63) is 29.8 Å². The van der Waals surface area contributed by atoms with E-state index in [4.69, 9.17) is 9.47 Å². The molecule has 0 saturated carbocycles. The fraction of sp³-hybridized carbons (Fsp3) is 0.562. The molecule has 20 heavy (non-hydrogen) atoms. The standard InChI is InChI=1S/C16H23NO3/c1-11-10-17(3)12(2)9-15(11)20-16(18)13-7-5-6-8-14(13)19-4/h5-8,11-12,15H,9-10H2,1-4H3/t11-,12-,15+/m0/s1. The summed E-state index contributed by atoms with van der Waals surface area (Å²) in [6.45, 7) is 5.24. The number of rotatable bonds is 3. The first kappa shape index (κ1) is 14.9. The van der Waals surface area contributed by atoms with Crippen molar-refractivity contribution in [2.45, 2.75) is 32.4 Å². The molecule has 1 fully saturated rings. The summed E-state index contributed by atoms with van der Waals surface area (Å²) in [6.07, 6.45) is 0.845. The molecule has 110 valence electrons. The summed E-state index contributed by atoms with van der Waals surface area (Å²) < 4.78 is 10.9. The number of piperidine rings is 1. The van der Waals surface area contributed by atoms with Crippen LogP contribution < -0.4 is 4.74 Å². The highest BCUT2D eigenvalue weighted by molar-refractivity contribution is 5.92. The van der Waals surface area contributed by atoms with Crippen molar-refractivity contribution < 1.29 is 14.3 Å². The van der Waals surface area contributed by atoms with Crippen LogP contribution in [0, 0.1) is 5.92 Å². The Bertz CT molecular complexity index is 475. The molecule has 0 N–H and O–H groups in total. The second kappa shape index (κ2) is 6.27. The van der Waals surface area contributed by atoms with Gasteiger partial charge in [0, 0.05) is 18.5 Å². The number of carbonyl (C=O) groups excluding carboxylic acids is 1. The van der Waals surface area contributed by atoms with Gasteiger partial charge in [0.05, 0.1) is 7.11 Å². The number of esters is 1. The van der Waals surface area contributed by atoms with Gasteiger partial charge in [-0.25, -0.2) is 4.79 Å². The lowest BCUT2D eigenvalue weighted by molar-refractivity contribution is -0.0198. The summed E-state index contributed by atoms with van der Waals surface area (Å²) in [4.78, 5) is 14.6. The molecular formula is C16H23NO3. The van der Waals surface area contributed by atoms with Crippen molar-refractivity contribution in [1.29, 1.82) is 0 Å². The minimum atomic E-state index is -0.295. The normalized spacial score (nSPS) is 27.1. The number of nitrogens with zero attached hydrogens (tertiary/aromatic N) is 1.